The highest BCUT2D eigenvalue weighted by Crippen LogP contribution is 2.23. The summed E-state index contributed by atoms with van der Waals surface area (Å²) in [5, 5.41) is -0.219. The lowest BCUT2D eigenvalue weighted by Gasteiger charge is -2.08. The molecule has 2 aromatic rings. The predicted octanol–water partition coefficient (Wildman–Crippen LogP) is 3.01. The zero-order valence-corrected chi connectivity index (χ0v) is 10.3. The third kappa shape index (κ3) is 3.17. The monoisotopic (exact) mass is 248 g/mol. The molecule has 1 aromatic carbocycles. The van der Waals surface area contributed by atoms with E-state index in [1.807, 2.05) is 24.3 Å². The van der Waals surface area contributed by atoms with Crippen LogP contribution in [0.25, 0.3) is 0 Å². The van der Waals surface area contributed by atoms with Crippen LogP contribution in [0.4, 0.5) is 0 Å². The smallest absolute Gasteiger partial charge is 0.146 e. The van der Waals surface area contributed by atoms with Crippen LogP contribution in [-0.2, 0) is 6.42 Å². The van der Waals surface area contributed by atoms with Crippen LogP contribution < -0.4 is 4.74 Å². The van der Waals surface area contributed by atoms with Gasteiger partial charge >= 0.3 is 0 Å². The number of ether oxygens (including phenoxy) is 1. The minimum Gasteiger partial charge on any atom is -0.497 e. The van der Waals surface area contributed by atoms with Gasteiger partial charge < -0.3 is 4.74 Å². The van der Waals surface area contributed by atoms with Crippen LogP contribution in [0.1, 0.15) is 16.8 Å². The molecule has 2 rings (SSSR count). The van der Waals surface area contributed by atoms with E-state index in [1.165, 1.54) is 0 Å². The molecule has 88 valence electrons. The first-order chi connectivity index (χ1) is 8.29. The Morgan fingerprint density at radius 2 is 2.00 bits per heavy atom. The van der Waals surface area contributed by atoms with Gasteiger partial charge in [0.05, 0.1) is 12.5 Å². The lowest BCUT2D eigenvalue weighted by atomic mass is 10.1. The highest BCUT2D eigenvalue weighted by Gasteiger charge is 2.11. The molecule has 0 amide bonds. The van der Waals surface area contributed by atoms with Crippen molar-refractivity contribution in [1.82, 2.24) is 9.97 Å². The van der Waals surface area contributed by atoms with Gasteiger partial charge in [-0.15, -0.1) is 11.6 Å². The van der Waals surface area contributed by atoms with Crippen LogP contribution >= 0.6 is 11.6 Å². The topological polar surface area (TPSA) is 35.0 Å². The summed E-state index contributed by atoms with van der Waals surface area (Å²) in [6.07, 6.45) is 4.08. The van der Waals surface area contributed by atoms with Gasteiger partial charge in [-0.05, 0) is 30.2 Å². The van der Waals surface area contributed by atoms with E-state index in [0.717, 1.165) is 11.3 Å². The van der Waals surface area contributed by atoms with Crippen molar-refractivity contribution >= 4 is 11.6 Å². The predicted molar refractivity (Wildman–Crippen MR) is 67.3 cm³/mol. The number of hydrogen-bond acceptors (Lipinski definition) is 3. The summed E-state index contributed by atoms with van der Waals surface area (Å²) in [7, 11) is 1.65. The molecule has 0 saturated heterocycles. The van der Waals surface area contributed by atoms with Crippen molar-refractivity contribution in [3.05, 3.63) is 54.1 Å². The molecule has 0 spiro atoms. The fourth-order valence-electron chi connectivity index (χ4n) is 1.57. The van der Waals surface area contributed by atoms with Gasteiger partial charge in [0.1, 0.15) is 11.6 Å². The first-order valence-electron chi connectivity index (χ1n) is 5.33. The van der Waals surface area contributed by atoms with E-state index in [-0.39, 0.29) is 5.38 Å². The van der Waals surface area contributed by atoms with Gasteiger partial charge in [-0.2, -0.15) is 0 Å². The summed E-state index contributed by atoms with van der Waals surface area (Å²) in [5.41, 5.74) is 1.11. The van der Waals surface area contributed by atoms with E-state index in [4.69, 9.17) is 16.3 Å². The lowest BCUT2D eigenvalue weighted by molar-refractivity contribution is 0.414. The number of nitrogens with zero attached hydrogens (tertiary/aromatic N) is 2. The maximum atomic E-state index is 6.27. The summed E-state index contributed by atoms with van der Waals surface area (Å²) < 4.78 is 5.17. The highest BCUT2D eigenvalue weighted by atomic mass is 35.5. The molecule has 1 aromatic heterocycles. The second-order valence-corrected chi connectivity index (χ2v) is 4.16. The second kappa shape index (κ2) is 5.64. The summed E-state index contributed by atoms with van der Waals surface area (Å²) in [6.45, 7) is 0. The number of benzene rings is 1. The number of hydrogen-bond donors (Lipinski definition) is 0. The molecule has 17 heavy (non-hydrogen) atoms. The molecule has 4 heteroatoms. The van der Waals surface area contributed by atoms with E-state index >= 15 is 0 Å². The molecular formula is C13H13ClN2O. The SMILES string of the molecule is COc1cccc(CC(Cl)c2ncccn2)c1. The fraction of sp³-hybridized carbons (Fsp3) is 0.231. The Hall–Kier alpha value is -1.61. The molecule has 0 radical (unpaired) electrons. The van der Waals surface area contributed by atoms with E-state index < -0.39 is 0 Å². The Balaban J connectivity index is 2.10. The number of methoxy groups -OCH3 is 1. The Bertz CT molecular complexity index is 476. The van der Waals surface area contributed by atoms with Crippen molar-refractivity contribution in [2.45, 2.75) is 11.8 Å². The molecule has 0 saturated carbocycles. The van der Waals surface area contributed by atoms with Gasteiger partial charge in [0.25, 0.3) is 0 Å². The Labute approximate surface area is 105 Å². The molecule has 0 aliphatic rings. The van der Waals surface area contributed by atoms with Crippen LogP contribution in [0.3, 0.4) is 0 Å². The summed E-state index contributed by atoms with van der Waals surface area (Å²) in [6, 6.07) is 9.62. The third-order valence-electron chi connectivity index (χ3n) is 2.41. The van der Waals surface area contributed by atoms with E-state index in [2.05, 4.69) is 9.97 Å². The standard InChI is InChI=1S/C13H13ClN2O/c1-17-11-5-2-4-10(8-11)9-12(14)13-15-6-3-7-16-13/h2-8,12H,9H2,1H3. The molecule has 0 aliphatic heterocycles. The van der Waals surface area contributed by atoms with Gasteiger partial charge in [0, 0.05) is 12.4 Å². The Morgan fingerprint density at radius 3 is 2.71 bits per heavy atom. The second-order valence-electron chi connectivity index (χ2n) is 3.63. The van der Waals surface area contributed by atoms with Crippen molar-refractivity contribution in [2.24, 2.45) is 0 Å². The zero-order valence-electron chi connectivity index (χ0n) is 9.51. The van der Waals surface area contributed by atoms with Crippen LogP contribution in [0.5, 0.6) is 5.75 Å². The summed E-state index contributed by atoms with van der Waals surface area (Å²) in [4.78, 5) is 8.29. The van der Waals surface area contributed by atoms with Gasteiger partial charge in [0.15, 0.2) is 0 Å². The molecular weight excluding hydrogens is 236 g/mol. The average Bonchev–Trinajstić information content (AvgIpc) is 2.40. The first kappa shape index (κ1) is 11.9. The quantitative estimate of drug-likeness (QED) is 0.781. The summed E-state index contributed by atoms with van der Waals surface area (Å²) in [5.74, 6) is 1.48. The number of rotatable bonds is 4. The Kier molecular flexibility index (Phi) is 3.94. The minimum atomic E-state index is -0.219. The molecule has 0 bridgehead atoms. The fourth-order valence-corrected chi connectivity index (χ4v) is 1.86. The first-order valence-corrected chi connectivity index (χ1v) is 5.77. The molecule has 3 nitrogen and oxygen atoms in total. The maximum Gasteiger partial charge on any atom is 0.146 e. The van der Waals surface area contributed by atoms with Crippen LogP contribution in [0, 0.1) is 0 Å². The highest BCUT2D eigenvalue weighted by molar-refractivity contribution is 6.20. The third-order valence-corrected chi connectivity index (χ3v) is 2.76. The molecule has 0 fully saturated rings. The number of alkyl halides is 1. The molecule has 1 unspecified atom stereocenters. The largest absolute Gasteiger partial charge is 0.497 e. The molecule has 1 atom stereocenters. The van der Waals surface area contributed by atoms with E-state index in [0.29, 0.717) is 12.2 Å². The number of halogens is 1. The Morgan fingerprint density at radius 1 is 1.24 bits per heavy atom. The molecule has 0 N–H and O–H groups in total. The van der Waals surface area contributed by atoms with Crippen LogP contribution in [0.15, 0.2) is 42.7 Å². The van der Waals surface area contributed by atoms with Crippen molar-refractivity contribution in [2.75, 3.05) is 7.11 Å². The zero-order chi connectivity index (χ0) is 12.1. The minimum absolute atomic E-state index is 0.219. The van der Waals surface area contributed by atoms with Crippen LogP contribution in [-0.4, -0.2) is 17.1 Å². The van der Waals surface area contributed by atoms with Crippen molar-refractivity contribution < 1.29 is 4.74 Å². The van der Waals surface area contributed by atoms with Gasteiger partial charge in [0.2, 0.25) is 0 Å². The van der Waals surface area contributed by atoms with Crippen molar-refractivity contribution in [3.8, 4) is 5.75 Å². The van der Waals surface area contributed by atoms with Crippen molar-refractivity contribution in [3.63, 3.8) is 0 Å². The average molecular weight is 249 g/mol. The van der Waals surface area contributed by atoms with E-state index in [9.17, 15) is 0 Å². The van der Waals surface area contributed by atoms with Gasteiger partial charge in [-0.3, -0.25) is 0 Å². The maximum absolute atomic E-state index is 6.27. The molecule has 1 heterocycles. The van der Waals surface area contributed by atoms with Gasteiger partial charge in [-0.1, -0.05) is 12.1 Å². The molecule has 0 aliphatic carbocycles. The number of aromatic nitrogens is 2. The van der Waals surface area contributed by atoms with Gasteiger partial charge in [-0.25, -0.2) is 9.97 Å². The lowest BCUT2D eigenvalue weighted by Crippen LogP contribution is -2.01. The summed E-state index contributed by atoms with van der Waals surface area (Å²) >= 11 is 6.27. The normalized spacial score (nSPS) is 12.1. The van der Waals surface area contributed by atoms with E-state index in [1.54, 1.807) is 25.6 Å². The van der Waals surface area contributed by atoms with Crippen molar-refractivity contribution in [1.29, 1.82) is 0 Å². The van der Waals surface area contributed by atoms with Crippen LogP contribution in [0.2, 0.25) is 0 Å².